The van der Waals surface area contributed by atoms with E-state index in [1.807, 2.05) is 13.8 Å². The number of nitrogens with two attached hydrogens (primary N) is 1. The normalized spacial score (nSPS) is 33.8. The van der Waals surface area contributed by atoms with Crippen LogP contribution in [-0.2, 0) is 4.79 Å². The third-order valence-corrected chi connectivity index (χ3v) is 4.25. The van der Waals surface area contributed by atoms with Gasteiger partial charge in [-0.1, -0.05) is 20.8 Å². The first kappa shape index (κ1) is 13.5. The van der Waals surface area contributed by atoms with E-state index in [2.05, 4.69) is 26.1 Å². The van der Waals surface area contributed by atoms with Crippen molar-refractivity contribution in [2.75, 3.05) is 0 Å². The molecule has 16 heavy (non-hydrogen) atoms. The summed E-state index contributed by atoms with van der Waals surface area (Å²) in [6, 6.07) is 0.451. The fourth-order valence-corrected chi connectivity index (χ4v) is 2.70. The molecule has 0 aliphatic heterocycles. The predicted octanol–water partition coefficient (Wildman–Crippen LogP) is 1.91. The van der Waals surface area contributed by atoms with Crippen molar-refractivity contribution < 1.29 is 4.79 Å². The van der Waals surface area contributed by atoms with Crippen molar-refractivity contribution in [3.05, 3.63) is 0 Å². The molecule has 1 rings (SSSR count). The van der Waals surface area contributed by atoms with Crippen LogP contribution in [0.5, 0.6) is 0 Å². The summed E-state index contributed by atoms with van der Waals surface area (Å²) < 4.78 is 0. The molecule has 3 N–H and O–H groups in total. The number of carbonyl (C=O) groups excluding carboxylic acids is 1. The summed E-state index contributed by atoms with van der Waals surface area (Å²) in [6.07, 6.45) is 1.87. The van der Waals surface area contributed by atoms with E-state index >= 15 is 0 Å². The summed E-state index contributed by atoms with van der Waals surface area (Å²) in [5, 5.41) is 3.02. The third kappa shape index (κ3) is 2.57. The highest BCUT2D eigenvalue weighted by Gasteiger charge is 2.44. The second-order valence-corrected chi connectivity index (χ2v) is 6.07. The van der Waals surface area contributed by atoms with Gasteiger partial charge in [-0.15, -0.1) is 0 Å². The van der Waals surface area contributed by atoms with Crippen LogP contribution in [0.25, 0.3) is 0 Å². The van der Waals surface area contributed by atoms with Crippen molar-refractivity contribution in [2.24, 2.45) is 23.0 Å². The number of nitrogens with one attached hydrogen (secondary N) is 1. The van der Waals surface area contributed by atoms with Crippen LogP contribution in [0.1, 0.15) is 47.5 Å². The maximum atomic E-state index is 12.1. The number of hydrogen-bond acceptors (Lipinski definition) is 2. The lowest BCUT2D eigenvalue weighted by Crippen LogP contribution is -2.52. The van der Waals surface area contributed by atoms with E-state index in [1.54, 1.807) is 0 Å². The Labute approximate surface area is 99.2 Å². The first-order valence-corrected chi connectivity index (χ1v) is 6.32. The molecule has 94 valence electrons. The molecule has 3 heteroatoms. The number of carbonyl (C=O) groups is 1. The van der Waals surface area contributed by atoms with Crippen molar-refractivity contribution in [3.8, 4) is 0 Å². The van der Waals surface area contributed by atoms with Crippen LogP contribution in [0.15, 0.2) is 0 Å². The van der Waals surface area contributed by atoms with Crippen LogP contribution in [0, 0.1) is 17.3 Å². The molecule has 0 spiro atoms. The van der Waals surface area contributed by atoms with Gasteiger partial charge in [0.25, 0.3) is 0 Å². The molecule has 1 saturated carbocycles. The minimum Gasteiger partial charge on any atom is -0.354 e. The molecule has 3 unspecified atom stereocenters. The number of amides is 1. The van der Waals surface area contributed by atoms with E-state index in [0.29, 0.717) is 5.92 Å². The first-order chi connectivity index (χ1) is 7.26. The van der Waals surface area contributed by atoms with Crippen LogP contribution in [0.4, 0.5) is 0 Å². The van der Waals surface area contributed by atoms with Gasteiger partial charge in [-0.2, -0.15) is 0 Å². The lowest BCUT2D eigenvalue weighted by Gasteiger charge is -2.46. The Morgan fingerprint density at radius 3 is 2.44 bits per heavy atom. The molecule has 1 fully saturated rings. The molecular formula is C13H26N2O. The summed E-state index contributed by atoms with van der Waals surface area (Å²) in [5.41, 5.74) is 6.08. The van der Waals surface area contributed by atoms with E-state index in [9.17, 15) is 4.79 Å². The van der Waals surface area contributed by atoms with Crippen LogP contribution in [0.3, 0.4) is 0 Å². The Balaban J connectivity index is 2.77. The molecule has 0 bridgehead atoms. The molecule has 3 atom stereocenters. The molecular weight excluding hydrogens is 200 g/mol. The Morgan fingerprint density at radius 1 is 1.38 bits per heavy atom. The maximum Gasteiger partial charge on any atom is 0.223 e. The molecule has 0 radical (unpaired) electrons. The van der Waals surface area contributed by atoms with Crippen molar-refractivity contribution in [2.45, 2.75) is 59.5 Å². The summed E-state index contributed by atoms with van der Waals surface area (Å²) in [7, 11) is 0. The standard InChI is InChI=1S/C13H26N2O/c1-8(2)15-12(16)10-6-7-11(14)9(3)13(10,4)5/h8-11H,6-7,14H2,1-5H3,(H,15,16). The van der Waals surface area contributed by atoms with E-state index in [1.165, 1.54) is 0 Å². The van der Waals surface area contributed by atoms with Gasteiger partial charge in [0.15, 0.2) is 0 Å². The summed E-state index contributed by atoms with van der Waals surface area (Å²) in [4.78, 5) is 12.1. The average molecular weight is 226 g/mol. The zero-order chi connectivity index (χ0) is 12.5. The van der Waals surface area contributed by atoms with Crippen molar-refractivity contribution >= 4 is 5.91 Å². The van der Waals surface area contributed by atoms with Gasteiger partial charge in [0, 0.05) is 18.0 Å². The highest BCUT2D eigenvalue weighted by molar-refractivity contribution is 5.79. The molecule has 0 aromatic heterocycles. The summed E-state index contributed by atoms with van der Waals surface area (Å²) in [5.74, 6) is 0.688. The monoisotopic (exact) mass is 226 g/mol. The number of hydrogen-bond donors (Lipinski definition) is 2. The van der Waals surface area contributed by atoms with E-state index in [-0.39, 0.29) is 29.3 Å². The smallest absolute Gasteiger partial charge is 0.223 e. The zero-order valence-corrected chi connectivity index (χ0v) is 11.2. The molecule has 3 nitrogen and oxygen atoms in total. The Kier molecular flexibility index (Phi) is 4.00. The van der Waals surface area contributed by atoms with Crippen LogP contribution >= 0.6 is 0 Å². The van der Waals surface area contributed by atoms with Crippen LogP contribution in [0.2, 0.25) is 0 Å². The average Bonchev–Trinajstić information content (AvgIpc) is 2.13. The summed E-state index contributed by atoms with van der Waals surface area (Å²) in [6.45, 7) is 10.5. The lowest BCUT2D eigenvalue weighted by atomic mass is 9.61. The van der Waals surface area contributed by atoms with E-state index in [4.69, 9.17) is 5.73 Å². The van der Waals surface area contributed by atoms with Crippen LogP contribution < -0.4 is 11.1 Å². The van der Waals surface area contributed by atoms with Gasteiger partial charge in [-0.25, -0.2) is 0 Å². The zero-order valence-electron chi connectivity index (χ0n) is 11.2. The van der Waals surface area contributed by atoms with Crippen molar-refractivity contribution in [3.63, 3.8) is 0 Å². The van der Waals surface area contributed by atoms with Gasteiger partial charge >= 0.3 is 0 Å². The number of rotatable bonds is 2. The van der Waals surface area contributed by atoms with Crippen LogP contribution in [-0.4, -0.2) is 18.0 Å². The molecule has 0 saturated heterocycles. The predicted molar refractivity (Wildman–Crippen MR) is 66.9 cm³/mol. The Bertz CT molecular complexity index is 261. The minimum absolute atomic E-state index is 0.00333. The molecule has 0 aromatic rings. The van der Waals surface area contributed by atoms with Gasteiger partial charge in [-0.05, 0) is 38.0 Å². The van der Waals surface area contributed by atoms with Gasteiger partial charge in [-0.3, -0.25) is 4.79 Å². The van der Waals surface area contributed by atoms with Gasteiger partial charge in [0.2, 0.25) is 5.91 Å². The van der Waals surface area contributed by atoms with Gasteiger partial charge in [0.1, 0.15) is 0 Å². The second kappa shape index (κ2) is 4.74. The topological polar surface area (TPSA) is 55.1 Å². The molecule has 1 amide bonds. The van der Waals surface area contributed by atoms with Gasteiger partial charge < -0.3 is 11.1 Å². The molecule has 1 aliphatic carbocycles. The third-order valence-electron chi connectivity index (χ3n) is 4.25. The Morgan fingerprint density at radius 2 is 1.94 bits per heavy atom. The second-order valence-electron chi connectivity index (χ2n) is 6.07. The largest absolute Gasteiger partial charge is 0.354 e. The first-order valence-electron chi connectivity index (χ1n) is 6.32. The van der Waals surface area contributed by atoms with E-state index < -0.39 is 0 Å². The lowest BCUT2D eigenvalue weighted by molar-refractivity contribution is -0.133. The SMILES string of the molecule is CC(C)NC(=O)C1CCC(N)C(C)C1(C)C. The minimum atomic E-state index is -0.00333. The molecule has 0 aromatic carbocycles. The maximum absolute atomic E-state index is 12.1. The summed E-state index contributed by atoms with van der Waals surface area (Å²) >= 11 is 0. The van der Waals surface area contributed by atoms with E-state index in [0.717, 1.165) is 12.8 Å². The van der Waals surface area contributed by atoms with Gasteiger partial charge in [0.05, 0.1) is 0 Å². The highest BCUT2D eigenvalue weighted by Crippen LogP contribution is 2.44. The fourth-order valence-electron chi connectivity index (χ4n) is 2.70. The van der Waals surface area contributed by atoms with Crippen molar-refractivity contribution in [1.82, 2.24) is 5.32 Å². The fraction of sp³-hybridized carbons (Fsp3) is 0.923. The quantitative estimate of drug-likeness (QED) is 0.755. The van der Waals surface area contributed by atoms with Crippen molar-refractivity contribution in [1.29, 1.82) is 0 Å². The molecule has 0 heterocycles. The Hall–Kier alpha value is -0.570. The highest BCUT2D eigenvalue weighted by atomic mass is 16.2. The molecule has 1 aliphatic rings.